The van der Waals surface area contributed by atoms with Crippen LogP contribution in [0.5, 0.6) is 23.0 Å². The molecule has 13 heteroatoms. The summed E-state index contributed by atoms with van der Waals surface area (Å²) < 4.78 is 52.7. The summed E-state index contributed by atoms with van der Waals surface area (Å²) in [4.78, 5) is 22.4. The molecule has 2 heterocycles. The third-order valence-electron chi connectivity index (χ3n) is 12.1. The zero-order chi connectivity index (χ0) is 43.9. The van der Waals surface area contributed by atoms with Gasteiger partial charge in [0, 0.05) is 43.2 Å². The Kier molecular flexibility index (Phi) is 14.5. The first-order chi connectivity index (χ1) is 30.0. The lowest BCUT2D eigenvalue weighted by Crippen LogP contribution is -2.70. The zero-order valence-electron chi connectivity index (χ0n) is 36.4. The molecule has 0 unspecified atom stereocenters. The lowest BCUT2D eigenvalue weighted by Gasteiger charge is -2.60. The van der Waals surface area contributed by atoms with Gasteiger partial charge in [0.25, 0.3) is 0 Å². The van der Waals surface area contributed by atoms with Gasteiger partial charge in [0.2, 0.25) is 12.6 Å². The highest BCUT2D eigenvalue weighted by molar-refractivity contribution is 6.03. The van der Waals surface area contributed by atoms with E-state index in [-0.39, 0.29) is 76.4 Å². The number of carbonyl (C=O) groups excluding carboxylic acids is 1. The fraction of sp³-hybridized carbons (Fsp3) is 0.510. The molecule has 6 atom stereocenters. The maximum absolute atomic E-state index is 14.8. The van der Waals surface area contributed by atoms with Crippen LogP contribution in [0, 0.1) is 23.6 Å². The fourth-order valence-corrected chi connectivity index (χ4v) is 9.45. The molecular weight excluding hydrogens is 796 g/mol. The Hall–Kier alpha value is -5.11. The molecule has 3 aromatic rings. The predicted octanol–water partition coefficient (Wildman–Crippen LogP) is 9.22. The molecule has 334 valence electrons. The monoisotopic (exact) mass is 856 g/mol. The summed E-state index contributed by atoms with van der Waals surface area (Å²) in [6.07, 6.45) is 8.03. The van der Waals surface area contributed by atoms with Crippen LogP contribution in [0.15, 0.2) is 90.1 Å². The Bertz CT molecular complexity index is 2100. The first-order valence-electron chi connectivity index (χ1n) is 21.9. The van der Waals surface area contributed by atoms with Crippen molar-refractivity contribution in [3.05, 3.63) is 107 Å². The largest absolute Gasteiger partial charge is 0.489 e. The number of oxime groups is 1. The molecular formula is C49H61FN2O10. The molecule has 1 fully saturated rings. The summed E-state index contributed by atoms with van der Waals surface area (Å²) in [5.74, 6) is -0.312. The van der Waals surface area contributed by atoms with E-state index in [4.69, 9.17) is 38.4 Å². The van der Waals surface area contributed by atoms with Crippen molar-refractivity contribution >= 4 is 11.8 Å². The van der Waals surface area contributed by atoms with Gasteiger partial charge in [-0.1, -0.05) is 54.4 Å². The lowest BCUT2D eigenvalue weighted by atomic mass is 9.55. The molecule has 0 aromatic heterocycles. The van der Waals surface area contributed by atoms with E-state index in [2.05, 4.69) is 12.7 Å². The van der Waals surface area contributed by atoms with Crippen molar-refractivity contribution in [3.8, 4) is 23.0 Å². The van der Waals surface area contributed by atoms with Gasteiger partial charge in [0.05, 0.1) is 24.8 Å². The molecule has 0 spiro atoms. The standard InChI is InChI=1S/C49H61FN2O10/c1-6-24-60-49-44(52(47(55)56-7-2)29-32-18-20-42-43(25-32)59-31-58-42)28-40(51-62-48(3,4)5)37-26-33(14-10-12-22-53)36(16-11-13-23-54)45(46(37)49)38-27-35(19-21-41(38)61-49)57-30-34-15-8-9-17-39(34)50/h6,8-9,15,17-21,25-27,33,36,44-46,53-54H,1,7,10-14,16,22-24,28-31H2,2-5H3/t33-,36+,44-,45+,46+,49+/m0/s1. The predicted molar refractivity (Wildman–Crippen MR) is 232 cm³/mol. The van der Waals surface area contributed by atoms with Gasteiger partial charge in [-0.05, 0) is 113 Å². The van der Waals surface area contributed by atoms with Gasteiger partial charge in [-0.15, -0.1) is 6.58 Å². The number of aliphatic hydroxyl groups is 2. The lowest BCUT2D eigenvalue weighted by molar-refractivity contribution is -0.256. The summed E-state index contributed by atoms with van der Waals surface area (Å²) in [5.41, 5.74) is 3.04. The molecule has 3 aromatic carbocycles. The van der Waals surface area contributed by atoms with Crippen LogP contribution in [0.25, 0.3) is 0 Å². The maximum Gasteiger partial charge on any atom is 0.410 e. The minimum Gasteiger partial charge on any atom is -0.489 e. The second-order valence-electron chi connectivity index (χ2n) is 17.4. The minimum atomic E-state index is -1.50. The summed E-state index contributed by atoms with van der Waals surface area (Å²) in [7, 11) is 0. The highest BCUT2D eigenvalue weighted by Gasteiger charge is 2.65. The van der Waals surface area contributed by atoms with Crippen LogP contribution in [-0.4, -0.2) is 77.6 Å². The van der Waals surface area contributed by atoms with Gasteiger partial charge in [-0.2, -0.15) is 0 Å². The summed E-state index contributed by atoms with van der Waals surface area (Å²) in [6.45, 7) is 12.3. The number of halogens is 1. The van der Waals surface area contributed by atoms with E-state index in [0.717, 1.165) is 42.4 Å². The third kappa shape index (κ3) is 9.75. The molecule has 12 nitrogen and oxygen atoms in total. The minimum absolute atomic E-state index is 0.00129. The molecule has 2 aliphatic carbocycles. The Balaban J connectivity index is 1.44. The van der Waals surface area contributed by atoms with Gasteiger partial charge in [0.15, 0.2) is 11.5 Å². The Morgan fingerprint density at radius 2 is 1.76 bits per heavy atom. The van der Waals surface area contributed by atoms with Gasteiger partial charge >= 0.3 is 6.09 Å². The molecule has 0 bridgehead atoms. The number of benzene rings is 3. The van der Waals surface area contributed by atoms with Crippen molar-refractivity contribution in [1.82, 2.24) is 4.90 Å². The highest BCUT2D eigenvalue weighted by Crippen LogP contribution is 2.62. The molecule has 1 saturated carbocycles. The Labute approximate surface area is 364 Å². The van der Waals surface area contributed by atoms with Gasteiger partial charge in [0.1, 0.15) is 35.6 Å². The summed E-state index contributed by atoms with van der Waals surface area (Å²) in [5, 5.41) is 24.8. The van der Waals surface area contributed by atoms with E-state index in [1.807, 2.05) is 57.2 Å². The smallest absolute Gasteiger partial charge is 0.410 e. The number of rotatable bonds is 19. The Morgan fingerprint density at radius 3 is 2.50 bits per heavy atom. The normalized spacial score (nSPS) is 24.0. The molecule has 62 heavy (non-hydrogen) atoms. The number of allylic oxidation sites excluding steroid dienone is 1. The van der Waals surface area contributed by atoms with Gasteiger partial charge in [-0.3, -0.25) is 4.90 Å². The highest BCUT2D eigenvalue weighted by atomic mass is 19.1. The van der Waals surface area contributed by atoms with Crippen LogP contribution in [0.3, 0.4) is 0 Å². The van der Waals surface area contributed by atoms with E-state index in [9.17, 15) is 19.4 Å². The number of carbonyl (C=O) groups is 1. The fourth-order valence-electron chi connectivity index (χ4n) is 9.45. The van der Waals surface area contributed by atoms with Gasteiger partial charge < -0.3 is 43.5 Å². The molecule has 4 aliphatic rings. The Morgan fingerprint density at radius 1 is 1.00 bits per heavy atom. The quantitative estimate of drug-likeness (QED) is 0.0682. The average Bonchev–Trinajstić information content (AvgIpc) is 3.73. The topological polar surface area (TPSA) is 138 Å². The zero-order valence-corrected chi connectivity index (χ0v) is 36.4. The van der Waals surface area contributed by atoms with Crippen LogP contribution in [-0.2, 0) is 27.5 Å². The van der Waals surface area contributed by atoms with Crippen molar-refractivity contribution in [2.24, 2.45) is 22.9 Å². The second kappa shape index (κ2) is 19.9. The molecule has 7 rings (SSSR count). The SMILES string of the molecule is C=CCO[C@@]12Oc3ccc(OCc4ccccc4F)cc3[C@H]3[C@H](CCCCO)[C@@H](CCCCO)C=C(C(=NOC(C)(C)C)C[C@@H]1N(Cc1ccc4c(c1)OCO4)C(=O)OCC)[C@H]32. The second-order valence-corrected chi connectivity index (χ2v) is 17.4. The van der Waals surface area contributed by atoms with Crippen LogP contribution in [0.4, 0.5) is 9.18 Å². The van der Waals surface area contributed by atoms with Crippen molar-refractivity contribution < 1.29 is 52.7 Å². The van der Waals surface area contributed by atoms with Crippen LogP contribution < -0.4 is 18.9 Å². The maximum atomic E-state index is 14.8. The van der Waals surface area contributed by atoms with E-state index >= 15 is 0 Å². The van der Waals surface area contributed by atoms with Crippen molar-refractivity contribution in [2.75, 3.05) is 33.2 Å². The average molecular weight is 857 g/mol. The van der Waals surface area contributed by atoms with Crippen LogP contribution in [0.2, 0.25) is 0 Å². The van der Waals surface area contributed by atoms with Crippen molar-refractivity contribution in [1.29, 1.82) is 0 Å². The van der Waals surface area contributed by atoms with Crippen LogP contribution in [0.1, 0.15) is 95.2 Å². The first-order valence-corrected chi connectivity index (χ1v) is 21.9. The van der Waals surface area contributed by atoms with Crippen molar-refractivity contribution in [2.45, 2.75) is 109 Å². The van der Waals surface area contributed by atoms with Gasteiger partial charge in [-0.25, -0.2) is 9.18 Å². The van der Waals surface area contributed by atoms with E-state index in [1.165, 1.54) is 6.07 Å². The van der Waals surface area contributed by atoms with E-state index in [0.29, 0.717) is 47.1 Å². The number of nitrogens with zero attached hydrogens (tertiary/aromatic N) is 2. The third-order valence-corrected chi connectivity index (χ3v) is 12.1. The number of aliphatic hydroxyl groups excluding tert-OH is 2. The number of hydrogen-bond acceptors (Lipinski definition) is 11. The summed E-state index contributed by atoms with van der Waals surface area (Å²) in [6, 6.07) is 17.0. The molecule has 0 saturated heterocycles. The van der Waals surface area contributed by atoms with E-state index < -0.39 is 29.4 Å². The van der Waals surface area contributed by atoms with E-state index in [1.54, 1.807) is 36.1 Å². The molecule has 2 N–H and O–H groups in total. The number of unbranched alkanes of at least 4 members (excludes halogenated alkanes) is 2. The van der Waals surface area contributed by atoms with Crippen molar-refractivity contribution in [3.63, 3.8) is 0 Å². The molecule has 1 amide bonds. The number of amides is 1. The number of fused-ring (bicyclic) bond motifs is 3. The number of ether oxygens (including phenoxy) is 6. The first kappa shape index (κ1) is 44.9. The molecule has 2 aliphatic heterocycles. The molecule has 0 radical (unpaired) electrons. The number of hydrogen-bond donors (Lipinski definition) is 2. The van der Waals surface area contributed by atoms with Crippen LogP contribution >= 0.6 is 0 Å². The summed E-state index contributed by atoms with van der Waals surface area (Å²) >= 11 is 0.